The minimum absolute atomic E-state index is 0.127. The molecule has 0 spiro atoms. The molecule has 0 aromatic heterocycles. The van der Waals surface area contributed by atoms with Crippen molar-refractivity contribution < 1.29 is 26.7 Å². The first kappa shape index (κ1) is 16.6. The third kappa shape index (κ3) is 4.14. The second-order valence-electron chi connectivity index (χ2n) is 4.90. The van der Waals surface area contributed by atoms with Crippen molar-refractivity contribution in [2.45, 2.75) is 17.1 Å². The lowest BCUT2D eigenvalue weighted by Gasteiger charge is -2.11. The average molecular weight is 334 g/mol. The number of nitrogens with one attached hydrogen (secondary N) is 2. The summed E-state index contributed by atoms with van der Waals surface area (Å²) in [6.07, 6.45) is 0.863. The molecule has 1 aliphatic rings. The maximum atomic E-state index is 12.5. The fraction of sp³-hybridized carbons (Fsp3) is 0.462. The lowest BCUT2D eigenvalue weighted by Crippen LogP contribution is -2.33. The van der Waals surface area contributed by atoms with Gasteiger partial charge in [0.2, 0.25) is 9.84 Å². The Labute approximate surface area is 126 Å². The number of anilines is 1. The maximum absolute atomic E-state index is 12.5. The Hall–Kier alpha value is -1.74. The van der Waals surface area contributed by atoms with Crippen LogP contribution in [-0.4, -0.2) is 40.0 Å². The van der Waals surface area contributed by atoms with Crippen LogP contribution in [0.1, 0.15) is 6.42 Å². The van der Waals surface area contributed by atoms with Crippen LogP contribution in [0.25, 0.3) is 0 Å². The summed E-state index contributed by atoms with van der Waals surface area (Å²) < 4.78 is 52.9. The van der Waals surface area contributed by atoms with Crippen LogP contribution in [0.5, 0.6) is 0 Å². The highest BCUT2D eigenvalue weighted by atomic mass is 32.2. The van der Waals surface area contributed by atoms with Crippen LogP contribution in [0.3, 0.4) is 0 Å². The van der Waals surface area contributed by atoms with E-state index in [1.807, 2.05) is 0 Å². The summed E-state index contributed by atoms with van der Waals surface area (Å²) in [7, 11) is -4.68. The van der Waals surface area contributed by atoms with E-state index < -0.39 is 26.5 Å². The first-order valence-electron chi connectivity index (χ1n) is 6.64. The fourth-order valence-corrected chi connectivity index (χ4v) is 2.78. The topological polar surface area (TPSA) is 84.5 Å². The predicted molar refractivity (Wildman–Crippen MR) is 75.6 cm³/mol. The molecule has 2 N–H and O–H groups in total. The molecule has 2 amide bonds. The molecular weight excluding hydrogens is 318 g/mol. The van der Waals surface area contributed by atoms with E-state index in [9.17, 15) is 22.0 Å². The van der Waals surface area contributed by atoms with E-state index >= 15 is 0 Å². The van der Waals surface area contributed by atoms with Crippen molar-refractivity contribution in [1.29, 1.82) is 0 Å². The van der Waals surface area contributed by atoms with Crippen molar-refractivity contribution in [3.8, 4) is 0 Å². The molecule has 1 aliphatic heterocycles. The molecule has 1 heterocycles. The first-order valence-corrected chi connectivity index (χ1v) is 8.19. The largest absolute Gasteiger partial charge is 0.381 e. The highest BCUT2D eigenvalue weighted by Crippen LogP contribution is 2.21. The van der Waals surface area contributed by atoms with Gasteiger partial charge in [0.15, 0.2) is 0 Å². The number of hydrogen-bond acceptors (Lipinski definition) is 4. The quantitative estimate of drug-likeness (QED) is 0.860. The summed E-state index contributed by atoms with van der Waals surface area (Å²) in [5, 5.41) is 5.04. The molecule has 1 aromatic rings. The van der Waals surface area contributed by atoms with Gasteiger partial charge in [0.1, 0.15) is 0 Å². The molecule has 0 radical (unpaired) electrons. The first-order chi connectivity index (χ1) is 10.4. The van der Waals surface area contributed by atoms with Crippen LogP contribution >= 0.6 is 0 Å². The van der Waals surface area contributed by atoms with Gasteiger partial charge in [-0.25, -0.2) is 13.2 Å². The number of rotatable bonds is 5. The normalized spacial score (nSPS) is 18.4. The summed E-state index contributed by atoms with van der Waals surface area (Å²) in [5.74, 6) is -3.25. The van der Waals surface area contributed by atoms with Gasteiger partial charge in [0.05, 0.1) is 11.5 Å². The summed E-state index contributed by atoms with van der Waals surface area (Å²) in [6, 6.07) is 4.23. The number of urea groups is 1. The molecule has 1 aromatic carbocycles. The molecule has 0 bridgehead atoms. The van der Waals surface area contributed by atoms with Gasteiger partial charge in [-0.2, -0.15) is 8.78 Å². The molecule has 1 unspecified atom stereocenters. The lowest BCUT2D eigenvalue weighted by atomic mass is 10.1. The van der Waals surface area contributed by atoms with E-state index in [4.69, 9.17) is 4.74 Å². The number of carbonyl (C=O) groups is 1. The van der Waals surface area contributed by atoms with Gasteiger partial charge in [-0.1, -0.05) is 6.07 Å². The van der Waals surface area contributed by atoms with Crippen molar-refractivity contribution in [3.63, 3.8) is 0 Å². The SMILES string of the molecule is O=C(NCC1CCOC1)Nc1cccc(S(=O)(=O)C(F)F)c1. The van der Waals surface area contributed by atoms with Gasteiger partial charge in [0.25, 0.3) is 0 Å². The van der Waals surface area contributed by atoms with Crippen LogP contribution in [0, 0.1) is 5.92 Å². The van der Waals surface area contributed by atoms with E-state index in [1.54, 1.807) is 0 Å². The van der Waals surface area contributed by atoms with Crippen molar-refractivity contribution in [2.24, 2.45) is 5.92 Å². The van der Waals surface area contributed by atoms with Gasteiger partial charge in [-0.3, -0.25) is 0 Å². The minimum atomic E-state index is -4.68. The number of amides is 2. The van der Waals surface area contributed by atoms with Crippen LogP contribution in [-0.2, 0) is 14.6 Å². The molecule has 1 atom stereocenters. The van der Waals surface area contributed by atoms with Gasteiger partial charge in [0, 0.05) is 24.8 Å². The molecule has 0 aliphatic carbocycles. The van der Waals surface area contributed by atoms with Gasteiger partial charge in [-0.05, 0) is 24.6 Å². The molecule has 6 nitrogen and oxygen atoms in total. The monoisotopic (exact) mass is 334 g/mol. The van der Waals surface area contributed by atoms with E-state index in [0.29, 0.717) is 19.8 Å². The third-order valence-corrected chi connectivity index (χ3v) is 4.61. The van der Waals surface area contributed by atoms with Crippen molar-refractivity contribution >= 4 is 21.6 Å². The number of carbonyl (C=O) groups excluding carboxylic acids is 1. The number of halogens is 2. The Morgan fingerprint density at radius 2 is 2.18 bits per heavy atom. The summed E-state index contributed by atoms with van der Waals surface area (Å²) in [4.78, 5) is 11.2. The van der Waals surface area contributed by atoms with Crippen molar-refractivity contribution in [1.82, 2.24) is 5.32 Å². The molecule has 9 heteroatoms. The summed E-state index contributed by atoms with van der Waals surface area (Å²) in [6.45, 7) is 1.69. The summed E-state index contributed by atoms with van der Waals surface area (Å²) >= 11 is 0. The predicted octanol–water partition coefficient (Wildman–Crippen LogP) is 1.84. The Balaban J connectivity index is 1.96. The van der Waals surface area contributed by atoms with Crippen molar-refractivity contribution in [2.75, 3.05) is 25.1 Å². The molecular formula is C13H16F2N2O4S. The van der Waals surface area contributed by atoms with Gasteiger partial charge >= 0.3 is 11.8 Å². The number of sulfone groups is 1. The zero-order valence-electron chi connectivity index (χ0n) is 11.6. The van der Waals surface area contributed by atoms with Crippen LogP contribution in [0.2, 0.25) is 0 Å². The second-order valence-corrected chi connectivity index (χ2v) is 6.82. The van der Waals surface area contributed by atoms with Gasteiger partial charge < -0.3 is 15.4 Å². The average Bonchev–Trinajstić information content (AvgIpc) is 2.98. The van der Waals surface area contributed by atoms with Crippen LogP contribution in [0.15, 0.2) is 29.2 Å². The van der Waals surface area contributed by atoms with Gasteiger partial charge in [-0.15, -0.1) is 0 Å². The zero-order valence-corrected chi connectivity index (χ0v) is 12.4. The molecule has 0 saturated carbocycles. The highest BCUT2D eigenvalue weighted by molar-refractivity contribution is 7.91. The van der Waals surface area contributed by atoms with E-state index in [1.165, 1.54) is 12.1 Å². The van der Waals surface area contributed by atoms with Crippen LogP contribution < -0.4 is 10.6 Å². The number of hydrogen-bond donors (Lipinski definition) is 2. The smallest absolute Gasteiger partial charge is 0.341 e. The number of alkyl halides is 2. The van der Waals surface area contributed by atoms with Crippen LogP contribution in [0.4, 0.5) is 19.3 Å². The number of benzene rings is 1. The maximum Gasteiger partial charge on any atom is 0.341 e. The third-order valence-electron chi connectivity index (χ3n) is 3.23. The minimum Gasteiger partial charge on any atom is -0.381 e. The molecule has 1 saturated heterocycles. The Kier molecular flexibility index (Phi) is 5.30. The van der Waals surface area contributed by atoms with Crippen molar-refractivity contribution in [3.05, 3.63) is 24.3 Å². The zero-order chi connectivity index (χ0) is 16.2. The van der Waals surface area contributed by atoms with E-state index in [0.717, 1.165) is 18.6 Å². The fourth-order valence-electron chi connectivity index (χ4n) is 2.01. The molecule has 22 heavy (non-hydrogen) atoms. The Morgan fingerprint density at radius 3 is 2.82 bits per heavy atom. The molecule has 1 fully saturated rings. The molecule has 122 valence electrons. The van der Waals surface area contributed by atoms with E-state index in [-0.39, 0.29) is 11.6 Å². The standard InChI is InChI=1S/C13H16F2N2O4S/c14-12(15)22(19,20)11-3-1-2-10(6-11)17-13(18)16-7-9-4-5-21-8-9/h1-3,6,9,12H,4-5,7-8H2,(H2,16,17,18). The second kappa shape index (κ2) is 7.01. The molecule has 2 rings (SSSR count). The Morgan fingerprint density at radius 1 is 1.41 bits per heavy atom. The summed E-state index contributed by atoms with van der Waals surface area (Å²) in [5.41, 5.74) is 0.127. The van der Waals surface area contributed by atoms with E-state index in [2.05, 4.69) is 10.6 Å². The Bertz CT molecular complexity index is 631. The highest BCUT2D eigenvalue weighted by Gasteiger charge is 2.26. The lowest BCUT2D eigenvalue weighted by molar-refractivity contribution is 0.185. The number of ether oxygens (including phenoxy) is 1.